The van der Waals surface area contributed by atoms with E-state index in [0.29, 0.717) is 6.04 Å². The van der Waals surface area contributed by atoms with Crippen molar-refractivity contribution in [3.05, 3.63) is 47.7 Å². The Kier molecular flexibility index (Phi) is 3.45. The molecule has 0 spiro atoms. The number of imide groups is 1. The van der Waals surface area contributed by atoms with Gasteiger partial charge in [-0.05, 0) is 45.1 Å². The summed E-state index contributed by atoms with van der Waals surface area (Å²) in [5, 5.41) is 6.60. The molecule has 2 heterocycles. The number of rotatable bonds is 3. The smallest absolute Gasteiger partial charge is 0.254 e. The molecular weight excluding hydrogens is 338 g/mol. The number of carbonyl (C=O) groups excluding carboxylic acids is 2. The molecule has 2 aliphatic carbocycles. The van der Waals surface area contributed by atoms with E-state index >= 15 is 0 Å². The molecule has 1 aliphatic heterocycles. The zero-order valence-corrected chi connectivity index (χ0v) is 15.8. The highest BCUT2D eigenvalue weighted by atomic mass is 16.2. The zero-order chi connectivity index (χ0) is 18.9. The second kappa shape index (κ2) is 5.65. The van der Waals surface area contributed by atoms with E-state index in [0.717, 1.165) is 33.6 Å². The van der Waals surface area contributed by atoms with E-state index in [1.807, 2.05) is 12.1 Å². The maximum Gasteiger partial charge on any atom is 0.254 e. The van der Waals surface area contributed by atoms with E-state index in [9.17, 15) is 9.59 Å². The molecular formula is C22H23N3O2. The van der Waals surface area contributed by atoms with E-state index in [-0.39, 0.29) is 35.5 Å². The number of nitrogens with zero attached hydrogens (tertiary/aromatic N) is 3. The Balaban J connectivity index is 1.53. The minimum atomic E-state index is -0.206. The second-order valence-corrected chi connectivity index (χ2v) is 8.21. The lowest BCUT2D eigenvalue weighted by Gasteiger charge is -2.13. The summed E-state index contributed by atoms with van der Waals surface area (Å²) in [6.07, 6.45) is 6.84. The van der Waals surface area contributed by atoms with Gasteiger partial charge < -0.3 is 4.57 Å². The molecule has 27 heavy (non-hydrogen) atoms. The summed E-state index contributed by atoms with van der Waals surface area (Å²) in [4.78, 5) is 25.6. The van der Waals surface area contributed by atoms with E-state index < -0.39 is 0 Å². The minimum absolute atomic E-state index is 0.136. The summed E-state index contributed by atoms with van der Waals surface area (Å²) in [6.45, 7) is 6.36. The van der Waals surface area contributed by atoms with Crippen LogP contribution >= 0.6 is 0 Å². The first kappa shape index (κ1) is 16.5. The average molecular weight is 361 g/mol. The molecule has 138 valence electrons. The van der Waals surface area contributed by atoms with Crippen molar-refractivity contribution in [2.75, 3.05) is 0 Å². The van der Waals surface area contributed by atoms with Crippen molar-refractivity contribution < 1.29 is 9.59 Å². The van der Waals surface area contributed by atoms with Crippen molar-refractivity contribution in [2.24, 2.45) is 28.8 Å². The number of aromatic nitrogens is 1. The number of allylic oxidation sites excluding steroid dienone is 2. The van der Waals surface area contributed by atoms with Crippen molar-refractivity contribution >= 4 is 28.9 Å². The number of hydrogen-bond acceptors (Lipinski definition) is 3. The molecule has 5 heteroatoms. The molecule has 1 saturated carbocycles. The molecule has 2 aromatic rings. The predicted octanol–water partition coefficient (Wildman–Crippen LogP) is 3.67. The molecule has 0 N–H and O–H groups in total. The fourth-order valence-corrected chi connectivity index (χ4v) is 5.36. The standard InChI is InChI=1S/C22H23N3O2/c1-12(2)24-13(3)17(16-6-4-5-7-18(16)24)11-23-25-21(26)19-14-8-9-15(10-14)20(19)22(25)27/h4-9,11-12,14-15,19-20H,10H2,1-3H3. The Bertz CT molecular complexity index is 1000. The first-order valence-corrected chi connectivity index (χ1v) is 9.68. The van der Waals surface area contributed by atoms with Gasteiger partial charge in [-0.2, -0.15) is 10.1 Å². The molecule has 4 unspecified atom stereocenters. The summed E-state index contributed by atoms with van der Waals surface area (Å²) in [6, 6.07) is 8.50. The Morgan fingerprint density at radius 1 is 1.07 bits per heavy atom. The summed E-state index contributed by atoms with van der Waals surface area (Å²) < 4.78 is 2.27. The number of benzene rings is 1. The van der Waals surface area contributed by atoms with Gasteiger partial charge in [0, 0.05) is 28.2 Å². The third-order valence-corrected chi connectivity index (χ3v) is 6.47. The molecule has 1 aromatic heterocycles. The van der Waals surface area contributed by atoms with Crippen LogP contribution in [0.3, 0.4) is 0 Å². The molecule has 2 amide bonds. The number of para-hydroxylation sites is 1. The van der Waals surface area contributed by atoms with Crippen LogP contribution in [0.15, 0.2) is 41.5 Å². The van der Waals surface area contributed by atoms with Crippen LogP contribution in [-0.2, 0) is 9.59 Å². The number of fused-ring (bicyclic) bond motifs is 6. The van der Waals surface area contributed by atoms with Gasteiger partial charge in [0.2, 0.25) is 0 Å². The van der Waals surface area contributed by atoms with Crippen LogP contribution in [-0.4, -0.2) is 27.6 Å². The van der Waals surface area contributed by atoms with Gasteiger partial charge in [-0.25, -0.2) is 0 Å². The van der Waals surface area contributed by atoms with Crippen LogP contribution in [0.5, 0.6) is 0 Å². The fraction of sp³-hybridized carbons (Fsp3) is 0.409. The zero-order valence-electron chi connectivity index (χ0n) is 15.8. The van der Waals surface area contributed by atoms with E-state index in [2.05, 4.69) is 54.7 Å². The average Bonchev–Trinajstić information content (AvgIpc) is 3.36. The van der Waals surface area contributed by atoms with Crippen LogP contribution in [0.1, 0.15) is 37.6 Å². The van der Waals surface area contributed by atoms with Crippen molar-refractivity contribution in [1.82, 2.24) is 9.58 Å². The molecule has 4 atom stereocenters. The lowest BCUT2D eigenvalue weighted by molar-refractivity contribution is -0.140. The van der Waals surface area contributed by atoms with Crippen molar-refractivity contribution in [3.8, 4) is 0 Å². The SMILES string of the molecule is Cc1c(C=NN2C(=O)C3C4C=CC(C4)C3C2=O)c2ccccc2n1C(C)C. The highest BCUT2D eigenvalue weighted by Gasteiger charge is 2.59. The molecule has 1 aromatic carbocycles. The molecule has 5 nitrogen and oxygen atoms in total. The lowest BCUT2D eigenvalue weighted by Crippen LogP contribution is -2.28. The quantitative estimate of drug-likeness (QED) is 0.476. The van der Waals surface area contributed by atoms with E-state index in [1.165, 1.54) is 0 Å². The van der Waals surface area contributed by atoms with Gasteiger partial charge in [-0.1, -0.05) is 30.4 Å². The Hall–Kier alpha value is -2.69. The molecule has 3 aliphatic rings. The maximum atomic E-state index is 12.8. The monoisotopic (exact) mass is 361 g/mol. The predicted molar refractivity (Wildman–Crippen MR) is 104 cm³/mol. The summed E-state index contributed by atoms with van der Waals surface area (Å²) in [7, 11) is 0. The summed E-state index contributed by atoms with van der Waals surface area (Å²) >= 11 is 0. The van der Waals surface area contributed by atoms with Gasteiger partial charge in [0.25, 0.3) is 11.8 Å². The van der Waals surface area contributed by atoms with Crippen molar-refractivity contribution in [1.29, 1.82) is 0 Å². The Morgan fingerprint density at radius 3 is 2.33 bits per heavy atom. The first-order chi connectivity index (χ1) is 13.0. The van der Waals surface area contributed by atoms with Gasteiger partial charge in [0.15, 0.2) is 0 Å². The highest BCUT2D eigenvalue weighted by molar-refractivity contribution is 6.08. The van der Waals surface area contributed by atoms with Crippen LogP contribution in [0.4, 0.5) is 0 Å². The minimum Gasteiger partial charge on any atom is -0.342 e. The molecule has 2 bridgehead atoms. The number of carbonyl (C=O) groups is 2. The van der Waals surface area contributed by atoms with Gasteiger partial charge in [-0.3, -0.25) is 9.59 Å². The van der Waals surface area contributed by atoms with Crippen LogP contribution in [0.2, 0.25) is 0 Å². The topological polar surface area (TPSA) is 54.7 Å². The fourth-order valence-electron chi connectivity index (χ4n) is 5.36. The van der Waals surface area contributed by atoms with Crippen LogP contribution in [0.25, 0.3) is 10.9 Å². The van der Waals surface area contributed by atoms with Crippen molar-refractivity contribution in [2.45, 2.75) is 33.2 Å². The van der Waals surface area contributed by atoms with Gasteiger partial charge >= 0.3 is 0 Å². The Morgan fingerprint density at radius 2 is 1.70 bits per heavy atom. The normalized spacial score (nSPS) is 29.3. The van der Waals surface area contributed by atoms with Gasteiger partial charge in [-0.15, -0.1) is 0 Å². The molecule has 5 rings (SSSR count). The number of hydrazone groups is 1. The number of amides is 2. The highest BCUT2D eigenvalue weighted by Crippen LogP contribution is 2.52. The van der Waals surface area contributed by atoms with Crippen molar-refractivity contribution in [3.63, 3.8) is 0 Å². The summed E-state index contributed by atoms with van der Waals surface area (Å²) in [5.74, 6) is -0.264. The second-order valence-electron chi connectivity index (χ2n) is 8.21. The molecule has 0 radical (unpaired) electrons. The third-order valence-electron chi connectivity index (χ3n) is 6.47. The van der Waals surface area contributed by atoms with Crippen LogP contribution in [0, 0.1) is 30.6 Å². The van der Waals surface area contributed by atoms with Gasteiger partial charge in [0.05, 0.1) is 18.1 Å². The number of hydrogen-bond donors (Lipinski definition) is 0. The molecule has 1 saturated heterocycles. The maximum absolute atomic E-state index is 12.8. The molecule has 2 fully saturated rings. The third kappa shape index (κ3) is 2.14. The van der Waals surface area contributed by atoms with E-state index in [1.54, 1.807) is 6.21 Å². The largest absolute Gasteiger partial charge is 0.342 e. The first-order valence-electron chi connectivity index (χ1n) is 9.68. The lowest BCUT2D eigenvalue weighted by atomic mass is 9.85. The van der Waals surface area contributed by atoms with Crippen LogP contribution < -0.4 is 0 Å². The summed E-state index contributed by atoms with van der Waals surface area (Å²) in [5.41, 5.74) is 3.21. The Labute approximate surface area is 158 Å². The van der Waals surface area contributed by atoms with Gasteiger partial charge in [0.1, 0.15) is 0 Å². The van der Waals surface area contributed by atoms with E-state index in [4.69, 9.17) is 0 Å².